The average Bonchev–Trinajstić information content (AvgIpc) is 2.10. The van der Waals surface area contributed by atoms with E-state index in [1.807, 2.05) is 0 Å². The highest BCUT2D eigenvalue weighted by atomic mass is 16.3. The Bertz CT molecular complexity index is 202. The molecule has 1 N–H and O–H groups in total. The Morgan fingerprint density at radius 1 is 1.42 bits per heavy atom. The molecule has 66 valence electrons. The SMILES string of the molecule is C=C/C=C\C(=C)CCC(=O)CO. The van der Waals surface area contributed by atoms with Gasteiger partial charge >= 0.3 is 0 Å². The Kier molecular flexibility index (Phi) is 5.93. The lowest BCUT2D eigenvalue weighted by molar-refractivity contribution is -0.121. The minimum atomic E-state index is -0.377. The zero-order chi connectivity index (χ0) is 9.40. The minimum Gasteiger partial charge on any atom is -0.389 e. The molecule has 0 aliphatic carbocycles. The second kappa shape index (κ2) is 6.55. The van der Waals surface area contributed by atoms with Crippen molar-refractivity contribution in [1.82, 2.24) is 0 Å². The summed E-state index contributed by atoms with van der Waals surface area (Å²) >= 11 is 0. The number of allylic oxidation sites excluding steroid dienone is 4. The molecule has 0 aromatic carbocycles. The van der Waals surface area contributed by atoms with Crippen molar-refractivity contribution >= 4 is 5.78 Å². The van der Waals surface area contributed by atoms with Gasteiger partial charge in [0, 0.05) is 6.42 Å². The van der Waals surface area contributed by atoms with Crippen LogP contribution in [-0.2, 0) is 4.79 Å². The molecule has 2 nitrogen and oxygen atoms in total. The Balaban J connectivity index is 3.64. The molecule has 0 saturated carbocycles. The first kappa shape index (κ1) is 10.8. The van der Waals surface area contributed by atoms with Crippen LogP contribution in [0, 0.1) is 0 Å². The van der Waals surface area contributed by atoms with E-state index in [-0.39, 0.29) is 12.4 Å². The van der Waals surface area contributed by atoms with E-state index >= 15 is 0 Å². The highest BCUT2D eigenvalue weighted by molar-refractivity contribution is 5.79. The third kappa shape index (κ3) is 5.62. The summed E-state index contributed by atoms with van der Waals surface area (Å²) in [4.78, 5) is 10.7. The van der Waals surface area contributed by atoms with Crippen LogP contribution in [0.3, 0.4) is 0 Å². The molecule has 0 fully saturated rings. The topological polar surface area (TPSA) is 37.3 Å². The van der Waals surface area contributed by atoms with E-state index in [2.05, 4.69) is 13.2 Å². The van der Waals surface area contributed by atoms with Crippen LogP contribution in [0.4, 0.5) is 0 Å². The summed E-state index contributed by atoms with van der Waals surface area (Å²) in [7, 11) is 0. The number of ketones is 1. The Morgan fingerprint density at radius 3 is 2.58 bits per heavy atom. The maximum atomic E-state index is 10.7. The maximum absolute atomic E-state index is 10.7. The first-order valence-corrected chi connectivity index (χ1v) is 3.80. The van der Waals surface area contributed by atoms with E-state index in [0.29, 0.717) is 12.8 Å². The van der Waals surface area contributed by atoms with Gasteiger partial charge < -0.3 is 5.11 Å². The normalized spacial score (nSPS) is 10.1. The van der Waals surface area contributed by atoms with Crippen LogP contribution in [0.25, 0.3) is 0 Å². The first-order chi connectivity index (χ1) is 5.70. The lowest BCUT2D eigenvalue weighted by Gasteiger charge is -1.96. The van der Waals surface area contributed by atoms with E-state index < -0.39 is 0 Å². The zero-order valence-electron chi connectivity index (χ0n) is 7.12. The molecule has 0 spiro atoms. The fraction of sp³-hybridized carbons (Fsp3) is 0.300. The molecule has 12 heavy (non-hydrogen) atoms. The molecule has 0 aliphatic rings. The van der Waals surface area contributed by atoms with Crippen molar-refractivity contribution in [2.24, 2.45) is 0 Å². The predicted octanol–water partition coefficient (Wildman–Crippen LogP) is 1.63. The van der Waals surface area contributed by atoms with Gasteiger partial charge in [0.25, 0.3) is 0 Å². The summed E-state index contributed by atoms with van der Waals surface area (Å²) in [6.07, 6.45) is 6.18. The van der Waals surface area contributed by atoms with Crippen LogP contribution in [-0.4, -0.2) is 17.5 Å². The zero-order valence-corrected chi connectivity index (χ0v) is 7.12. The molecule has 0 aromatic rings. The molecule has 0 aromatic heterocycles. The van der Waals surface area contributed by atoms with Crippen molar-refractivity contribution in [2.45, 2.75) is 12.8 Å². The van der Waals surface area contributed by atoms with Gasteiger partial charge in [-0.05, 0) is 6.42 Å². The Morgan fingerprint density at radius 2 is 2.08 bits per heavy atom. The molecular weight excluding hydrogens is 152 g/mol. The molecule has 0 amide bonds. The van der Waals surface area contributed by atoms with Gasteiger partial charge in [-0.15, -0.1) is 0 Å². The number of hydrogen-bond acceptors (Lipinski definition) is 2. The molecule has 0 radical (unpaired) electrons. The third-order valence-electron chi connectivity index (χ3n) is 1.37. The number of aliphatic hydroxyl groups is 1. The van der Waals surface area contributed by atoms with Crippen LogP contribution in [0.5, 0.6) is 0 Å². The third-order valence-corrected chi connectivity index (χ3v) is 1.37. The van der Waals surface area contributed by atoms with E-state index in [4.69, 9.17) is 5.11 Å². The standard InChI is InChI=1S/C10H14O2/c1-3-4-5-9(2)6-7-10(12)8-11/h3-5,11H,1-2,6-8H2/b5-4-. The second-order valence-electron chi connectivity index (χ2n) is 2.45. The van der Waals surface area contributed by atoms with Crippen molar-refractivity contribution in [3.05, 3.63) is 37.0 Å². The van der Waals surface area contributed by atoms with Crippen LogP contribution < -0.4 is 0 Å². The Hall–Kier alpha value is -1.15. The van der Waals surface area contributed by atoms with Crippen LogP contribution in [0.2, 0.25) is 0 Å². The first-order valence-electron chi connectivity index (χ1n) is 3.80. The van der Waals surface area contributed by atoms with Crippen molar-refractivity contribution in [2.75, 3.05) is 6.61 Å². The highest BCUT2D eigenvalue weighted by Crippen LogP contribution is 2.04. The van der Waals surface area contributed by atoms with Gasteiger partial charge in [-0.25, -0.2) is 0 Å². The van der Waals surface area contributed by atoms with Gasteiger partial charge in [-0.2, -0.15) is 0 Å². The largest absolute Gasteiger partial charge is 0.389 e. The lowest BCUT2D eigenvalue weighted by atomic mass is 10.1. The Labute approximate surface area is 72.9 Å². The predicted molar refractivity (Wildman–Crippen MR) is 49.8 cm³/mol. The quantitative estimate of drug-likeness (QED) is 0.609. The number of aliphatic hydroxyl groups excluding tert-OH is 1. The number of hydrogen-bond donors (Lipinski definition) is 1. The van der Waals surface area contributed by atoms with Gasteiger partial charge in [0.05, 0.1) is 0 Å². The molecule has 0 unspecified atom stereocenters. The fourth-order valence-corrected chi connectivity index (χ4v) is 0.666. The van der Waals surface area contributed by atoms with E-state index in [1.54, 1.807) is 18.2 Å². The van der Waals surface area contributed by atoms with Crippen molar-refractivity contribution in [3.63, 3.8) is 0 Å². The number of Topliss-reactive ketones (excluding diaryl/α,β-unsaturated/α-hetero) is 1. The second-order valence-corrected chi connectivity index (χ2v) is 2.45. The summed E-state index contributed by atoms with van der Waals surface area (Å²) in [6.45, 7) is 6.86. The van der Waals surface area contributed by atoms with E-state index in [1.165, 1.54) is 0 Å². The fourth-order valence-electron chi connectivity index (χ4n) is 0.666. The van der Waals surface area contributed by atoms with E-state index in [0.717, 1.165) is 5.57 Å². The van der Waals surface area contributed by atoms with Crippen molar-refractivity contribution < 1.29 is 9.90 Å². The molecule has 0 rings (SSSR count). The minimum absolute atomic E-state index is 0.150. The van der Waals surface area contributed by atoms with Crippen LogP contribution >= 0.6 is 0 Å². The van der Waals surface area contributed by atoms with Gasteiger partial charge in [-0.1, -0.05) is 37.0 Å². The van der Waals surface area contributed by atoms with Crippen LogP contribution in [0.15, 0.2) is 37.0 Å². The maximum Gasteiger partial charge on any atom is 0.158 e. The summed E-state index contributed by atoms with van der Waals surface area (Å²) in [5, 5.41) is 8.41. The van der Waals surface area contributed by atoms with Gasteiger partial charge in [-0.3, -0.25) is 4.79 Å². The van der Waals surface area contributed by atoms with Crippen LogP contribution in [0.1, 0.15) is 12.8 Å². The molecule has 0 aliphatic heterocycles. The highest BCUT2D eigenvalue weighted by Gasteiger charge is 1.98. The van der Waals surface area contributed by atoms with Gasteiger partial charge in [0.2, 0.25) is 0 Å². The summed E-state index contributed by atoms with van der Waals surface area (Å²) < 4.78 is 0. The van der Waals surface area contributed by atoms with Crippen molar-refractivity contribution in [1.29, 1.82) is 0 Å². The number of rotatable bonds is 6. The monoisotopic (exact) mass is 166 g/mol. The van der Waals surface area contributed by atoms with Gasteiger partial charge in [0.1, 0.15) is 6.61 Å². The van der Waals surface area contributed by atoms with E-state index in [9.17, 15) is 4.79 Å². The molecule has 0 saturated heterocycles. The summed E-state index contributed by atoms with van der Waals surface area (Å²) in [5.41, 5.74) is 0.872. The number of carbonyl (C=O) groups excluding carboxylic acids is 1. The molecule has 0 heterocycles. The molecule has 0 atom stereocenters. The molecule has 0 bridgehead atoms. The van der Waals surface area contributed by atoms with Gasteiger partial charge in [0.15, 0.2) is 5.78 Å². The van der Waals surface area contributed by atoms with Crippen molar-refractivity contribution in [3.8, 4) is 0 Å². The summed E-state index contributed by atoms with van der Waals surface area (Å²) in [5.74, 6) is -0.150. The average molecular weight is 166 g/mol. The summed E-state index contributed by atoms with van der Waals surface area (Å²) in [6, 6.07) is 0. The molecule has 2 heteroatoms. The lowest BCUT2D eigenvalue weighted by Crippen LogP contribution is -2.02. The molecular formula is C10H14O2. The number of carbonyl (C=O) groups is 1. The smallest absolute Gasteiger partial charge is 0.158 e.